The highest BCUT2D eigenvalue weighted by atomic mass is 16.7. The summed E-state index contributed by atoms with van der Waals surface area (Å²) in [5.74, 6) is 3.38. The van der Waals surface area contributed by atoms with Crippen LogP contribution in [0.25, 0.3) is 0 Å². The molecule has 5 heteroatoms. The van der Waals surface area contributed by atoms with Crippen LogP contribution in [0, 0.1) is 5.92 Å². The summed E-state index contributed by atoms with van der Waals surface area (Å²) in [7, 11) is 0. The molecule has 1 atom stereocenters. The number of piperidine rings is 1. The zero-order chi connectivity index (χ0) is 20.4. The number of hydrogen-bond donors (Lipinski definition) is 0. The van der Waals surface area contributed by atoms with Crippen molar-refractivity contribution in [2.45, 2.75) is 43.6 Å². The second kappa shape index (κ2) is 6.80. The summed E-state index contributed by atoms with van der Waals surface area (Å²) in [5, 5.41) is 0. The number of fused-ring (bicyclic) bond motifs is 5. The van der Waals surface area contributed by atoms with E-state index in [1.54, 1.807) is 0 Å². The van der Waals surface area contributed by atoms with E-state index in [0.717, 1.165) is 42.3 Å². The molecule has 162 valence electrons. The first kappa shape index (κ1) is 18.2. The van der Waals surface area contributed by atoms with Crippen LogP contribution in [0.4, 0.5) is 5.69 Å². The van der Waals surface area contributed by atoms with Gasteiger partial charge in [0.15, 0.2) is 11.5 Å². The molecule has 0 radical (unpaired) electrons. The molecule has 2 fully saturated rings. The van der Waals surface area contributed by atoms with Crippen molar-refractivity contribution in [1.29, 1.82) is 0 Å². The summed E-state index contributed by atoms with van der Waals surface area (Å²) < 4.78 is 17.5. The van der Waals surface area contributed by atoms with Crippen molar-refractivity contribution in [2.24, 2.45) is 5.92 Å². The quantitative estimate of drug-likeness (QED) is 0.747. The van der Waals surface area contributed by atoms with Crippen molar-refractivity contribution in [3.8, 4) is 17.2 Å². The van der Waals surface area contributed by atoms with Crippen LogP contribution < -0.4 is 19.1 Å². The summed E-state index contributed by atoms with van der Waals surface area (Å²) >= 11 is 0. The lowest BCUT2D eigenvalue weighted by Gasteiger charge is -2.42. The van der Waals surface area contributed by atoms with Gasteiger partial charge in [0.2, 0.25) is 6.79 Å². The second-order valence-electron chi connectivity index (χ2n) is 10.0. The number of rotatable bonds is 3. The monoisotopic (exact) mass is 418 g/mol. The molecule has 0 bridgehead atoms. The molecule has 1 unspecified atom stereocenters. The average molecular weight is 419 g/mol. The van der Waals surface area contributed by atoms with Crippen LogP contribution in [0.5, 0.6) is 17.2 Å². The van der Waals surface area contributed by atoms with Crippen LogP contribution in [-0.2, 0) is 5.41 Å². The average Bonchev–Trinajstić information content (AvgIpc) is 3.44. The highest BCUT2D eigenvalue weighted by molar-refractivity contribution is 5.70. The van der Waals surface area contributed by atoms with Crippen molar-refractivity contribution < 1.29 is 14.2 Å². The molecule has 2 aromatic rings. The standard InChI is InChI=1S/C26H30N2O3/c1-2-7-22-20(6-1)26(16-29-23-13-25-24(12-21(23)26)30-17-31-25)15-28(22)14-18-8-10-27(11-9-18)19-4-3-5-19/h1-2,6-7,12-13,18-19H,3-5,8-11,14-17H2. The molecule has 0 aromatic heterocycles. The molecule has 5 nitrogen and oxygen atoms in total. The van der Waals surface area contributed by atoms with Crippen LogP contribution in [-0.4, -0.2) is 50.5 Å². The highest BCUT2D eigenvalue weighted by Gasteiger charge is 2.50. The molecule has 1 spiro atoms. The maximum absolute atomic E-state index is 6.25. The van der Waals surface area contributed by atoms with Crippen molar-refractivity contribution in [3.63, 3.8) is 0 Å². The SMILES string of the molecule is c1ccc2c(c1)N(CC1CCN(C3CCC3)CC1)CC21COc2cc3c(cc21)OCO3. The van der Waals surface area contributed by atoms with Crippen LogP contribution in [0.15, 0.2) is 36.4 Å². The van der Waals surface area contributed by atoms with Crippen LogP contribution in [0.2, 0.25) is 0 Å². The minimum absolute atomic E-state index is 0.112. The van der Waals surface area contributed by atoms with Crippen molar-refractivity contribution >= 4 is 5.69 Å². The lowest BCUT2D eigenvalue weighted by atomic mass is 9.77. The molecule has 4 heterocycles. The Labute approximate surface area is 183 Å². The van der Waals surface area contributed by atoms with Gasteiger partial charge in [0, 0.05) is 36.4 Å². The zero-order valence-electron chi connectivity index (χ0n) is 18.0. The first-order valence-corrected chi connectivity index (χ1v) is 12.0. The van der Waals surface area contributed by atoms with Gasteiger partial charge in [-0.3, -0.25) is 0 Å². The number of likely N-dealkylation sites (tertiary alicyclic amines) is 1. The van der Waals surface area contributed by atoms with Gasteiger partial charge in [-0.2, -0.15) is 0 Å². The fourth-order valence-corrected chi connectivity index (χ4v) is 6.43. The minimum atomic E-state index is -0.112. The number of nitrogens with zero attached hydrogens (tertiary/aromatic N) is 2. The normalized spacial score (nSPS) is 27.3. The summed E-state index contributed by atoms with van der Waals surface area (Å²) in [6.45, 7) is 5.70. The molecule has 0 N–H and O–H groups in total. The van der Waals surface area contributed by atoms with Gasteiger partial charge < -0.3 is 24.0 Å². The summed E-state index contributed by atoms with van der Waals surface area (Å²) in [5.41, 5.74) is 3.93. The third-order valence-corrected chi connectivity index (χ3v) is 8.40. The molecular formula is C26H30N2O3. The molecular weight excluding hydrogens is 388 g/mol. The van der Waals surface area contributed by atoms with Crippen LogP contribution >= 0.6 is 0 Å². The van der Waals surface area contributed by atoms with E-state index in [1.807, 2.05) is 6.07 Å². The van der Waals surface area contributed by atoms with E-state index in [2.05, 4.69) is 40.1 Å². The Balaban J connectivity index is 1.16. The lowest BCUT2D eigenvalue weighted by Crippen LogP contribution is -2.46. The Morgan fingerprint density at radius 3 is 2.48 bits per heavy atom. The third-order valence-electron chi connectivity index (χ3n) is 8.40. The fraction of sp³-hybridized carbons (Fsp3) is 0.538. The molecule has 5 aliphatic rings. The Kier molecular flexibility index (Phi) is 3.99. The van der Waals surface area contributed by atoms with E-state index in [-0.39, 0.29) is 5.41 Å². The maximum atomic E-state index is 6.25. The van der Waals surface area contributed by atoms with E-state index in [1.165, 1.54) is 62.0 Å². The molecule has 31 heavy (non-hydrogen) atoms. The number of anilines is 1. The van der Waals surface area contributed by atoms with E-state index in [0.29, 0.717) is 13.4 Å². The first-order valence-electron chi connectivity index (χ1n) is 12.0. The van der Waals surface area contributed by atoms with E-state index in [4.69, 9.17) is 14.2 Å². The van der Waals surface area contributed by atoms with E-state index in [9.17, 15) is 0 Å². The van der Waals surface area contributed by atoms with E-state index >= 15 is 0 Å². The Hall–Kier alpha value is -2.40. The third kappa shape index (κ3) is 2.72. The first-order chi connectivity index (χ1) is 15.3. The smallest absolute Gasteiger partial charge is 0.231 e. The van der Waals surface area contributed by atoms with Gasteiger partial charge in [-0.1, -0.05) is 24.6 Å². The van der Waals surface area contributed by atoms with Gasteiger partial charge in [-0.25, -0.2) is 0 Å². The van der Waals surface area contributed by atoms with Gasteiger partial charge in [0.1, 0.15) is 12.4 Å². The second-order valence-corrected chi connectivity index (χ2v) is 10.0. The summed E-state index contributed by atoms with van der Waals surface area (Å²) in [6.07, 6.45) is 6.93. The molecule has 4 aliphatic heterocycles. The van der Waals surface area contributed by atoms with Crippen molar-refractivity contribution in [2.75, 3.05) is 44.5 Å². The Bertz CT molecular complexity index is 1010. The molecule has 1 saturated heterocycles. The topological polar surface area (TPSA) is 34.2 Å². The Morgan fingerprint density at radius 2 is 1.68 bits per heavy atom. The zero-order valence-corrected chi connectivity index (χ0v) is 18.0. The van der Waals surface area contributed by atoms with Crippen LogP contribution in [0.3, 0.4) is 0 Å². The van der Waals surface area contributed by atoms with Gasteiger partial charge in [0.25, 0.3) is 0 Å². The maximum Gasteiger partial charge on any atom is 0.231 e. The number of hydrogen-bond acceptors (Lipinski definition) is 5. The van der Waals surface area contributed by atoms with Crippen molar-refractivity contribution in [3.05, 3.63) is 47.5 Å². The summed E-state index contributed by atoms with van der Waals surface area (Å²) in [4.78, 5) is 5.39. The Morgan fingerprint density at radius 1 is 0.871 bits per heavy atom. The highest BCUT2D eigenvalue weighted by Crippen LogP contribution is 2.54. The number of ether oxygens (including phenoxy) is 3. The van der Waals surface area contributed by atoms with Crippen molar-refractivity contribution in [1.82, 2.24) is 4.90 Å². The fourth-order valence-electron chi connectivity index (χ4n) is 6.43. The van der Waals surface area contributed by atoms with Gasteiger partial charge >= 0.3 is 0 Å². The molecule has 2 aromatic carbocycles. The molecule has 1 saturated carbocycles. The molecule has 7 rings (SSSR count). The van der Waals surface area contributed by atoms with Gasteiger partial charge in [-0.15, -0.1) is 0 Å². The predicted molar refractivity (Wildman–Crippen MR) is 119 cm³/mol. The van der Waals surface area contributed by atoms with Gasteiger partial charge in [0.05, 0.1) is 5.41 Å². The van der Waals surface area contributed by atoms with E-state index < -0.39 is 0 Å². The largest absolute Gasteiger partial charge is 0.492 e. The number of benzene rings is 2. The molecule has 0 amide bonds. The molecule has 1 aliphatic carbocycles. The summed E-state index contributed by atoms with van der Waals surface area (Å²) in [6, 6.07) is 14.0. The lowest BCUT2D eigenvalue weighted by molar-refractivity contribution is 0.0858. The number of para-hydroxylation sites is 1. The van der Waals surface area contributed by atoms with Crippen LogP contribution in [0.1, 0.15) is 43.2 Å². The minimum Gasteiger partial charge on any atom is -0.492 e. The van der Waals surface area contributed by atoms with Gasteiger partial charge in [-0.05, 0) is 62.4 Å². The predicted octanol–water partition coefficient (Wildman–Crippen LogP) is 4.18.